The normalized spacial score (nSPS) is 12.7. The van der Waals surface area contributed by atoms with Crippen molar-refractivity contribution in [3.05, 3.63) is 130 Å². The Morgan fingerprint density at radius 1 is 0.755 bits per heavy atom. The fourth-order valence-corrected chi connectivity index (χ4v) is 10.8. The Morgan fingerprint density at radius 3 is 1.68 bits per heavy atom. The first kappa shape index (κ1) is 41.7. The van der Waals surface area contributed by atoms with E-state index < -0.39 is 58.5 Å². The lowest BCUT2D eigenvalue weighted by Crippen LogP contribution is -2.45. The molecule has 282 valence electrons. The molecule has 8 nitrogen and oxygen atoms in total. The van der Waals surface area contributed by atoms with Crippen molar-refractivity contribution < 1.29 is 37.5 Å². The number of hydrogen-bond donors (Lipinski definition) is 2. The van der Waals surface area contributed by atoms with Crippen molar-refractivity contribution in [1.82, 2.24) is 5.32 Å². The minimum atomic E-state index is -2.62. The molecule has 0 aliphatic heterocycles. The third-order valence-electron chi connectivity index (χ3n) is 8.90. The van der Waals surface area contributed by atoms with Crippen molar-refractivity contribution in [2.75, 3.05) is 12.8 Å². The smallest absolute Gasteiger partial charge is 0.305 e. The highest BCUT2D eigenvalue weighted by Gasteiger charge is 2.45. The molecule has 0 saturated carbocycles. The van der Waals surface area contributed by atoms with Crippen LogP contribution in [-0.4, -0.2) is 45.6 Å². The molecule has 0 bridgehead atoms. The van der Waals surface area contributed by atoms with E-state index in [1.807, 2.05) is 18.2 Å². The Morgan fingerprint density at radius 2 is 1.23 bits per heavy atom. The van der Waals surface area contributed by atoms with Gasteiger partial charge in [-0.15, -0.1) is 0 Å². The quantitative estimate of drug-likeness (QED) is 0.0234. The van der Waals surface area contributed by atoms with Crippen molar-refractivity contribution in [3.8, 4) is 0 Å². The number of nitrogens with zero attached hydrogens (tertiary/aromatic N) is 1. The van der Waals surface area contributed by atoms with E-state index in [2.05, 4.69) is 5.32 Å². The number of amides is 1. The summed E-state index contributed by atoms with van der Waals surface area (Å²) in [4.78, 5) is 33.6. The highest BCUT2D eigenvalue weighted by atomic mass is 35.5. The number of rotatable bonds is 20. The number of unbranched alkanes of at least 4 members (excludes halogenated alkanes) is 6. The van der Waals surface area contributed by atoms with Crippen molar-refractivity contribution in [3.63, 3.8) is 0 Å². The predicted octanol–water partition coefficient (Wildman–Crippen LogP) is 7.99. The van der Waals surface area contributed by atoms with Crippen LogP contribution < -0.4 is 21.2 Å². The first-order chi connectivity index (χ1) is 25.4. The van der Waals surface area contributed by atoms with Crippen LogP contribution in [0.15, 0.2) is 97.1 Å². The molecule has 0 aliphatic rings. The minimum absolute atomic E-state index is 0.115. The molecule has 2 N–H and O–H groups in total. The number of nitrogens with one attached hydrogen (secondary N) is 1. The van der Waals surface area contributed by atoms with E-state index in [1.165, 1.54) is 60.7 Å². The number of nitro benzene ring substituents is 1. The van der Waals surface area contributed by atoms with Crippen LogP contribution in [0, 0.1) is 27.6 Å². The maximum Gasteiger partial charge on any atom is 0.305 e. The molecule has 0 unspecified atom stereocenters. The molecule has 0 aliphatic carbocycles. The van der Waals surface area contributed by atoms with Gasteiger partial charge in [-0.2, -0.15) is 0 Å². The molecule has 0 spiro atoms. The zero-order valence-electron chi connectivity index (χ0n) is 28.8. The Bertz CT molecular complexity index is 1720. The van der Waals surface area contributed by atoms with Crippen LogP contribution in [0.4, 0.5) is 18.9 Å². The molecule has 0 radical (unpaired) electrons. The van der Waals surface area contributed by atoms with Crippen LogP contribution in [0.1, 0.15) is 63.0 Å². The number of halogens is 5. The molecule has 14 heteroatoms. The summed E-state index contributed by atoms with van der Waals surface area (Å²) >= 11 is 11.3. The fraction of sp³-hybridized carbons (Fsp3) is 0.333. The van der Waals surface area contributed by atoms with Crippen molar-refractivity contribution in [2.24, 2.45) is 0 Å². The summed E-state index contributed by atoms with van der Waals surface area (Å²) in [6.07, 6.45) is 4.90. The van der Waals surface area contributed by atoms with Gasteiger partial charge in [0.2, 0.25) is 0 Å². The SMILES string of the molecule is O=C(CCCCCCCCC[P+](c1cccc(F)c1)(c1cccc(F)c1)c1cccc(F)c1)OC[C@H](NC(=O)C(Cl)Cl)[C@H](O)c1ccc([N+](=O)[O-])cc1. The van der Waals surface area contributed by atoms with Crippen LogP contribution in [0.2, 0.25) is 0 Å². The van der Waals surface area contributed by atoms with Crippen LogP contribution in [0.25, 0.3) is 0 Å². The van der Waals surface area contributed by atoms with Crippen LogP contribution >= 0.6 is 30.5 Å². The molecule has 4 aromatic carbocycles. The third-order valence-corrected chi connectivity index (χ3v) is 13.8. The Kier molecular flexibility index (Phi) is 16.1. The molecule has 0 saturated heterocycles. The average molecular weight is 793 g/mol. The lowest BCUT2D eigenvalue weighted by atomic mass is 10.0. The van der Waals surface area contributed by atoms with Gasteiger partial charge in [-0.05, 0) is 73.4 Å². The Hall–Kier alpha value is -4.02. The number of nitro groups is 1. The summed E-state index contributed by atoms with van der Waals surface area (Å²) in [5.41, 5.74) is 0.0719. The number of carbonyl (C=O) groups excluding carboxylic acids is 2. The summed E-state index contributed by atoms with van der Waals surface area (Å²) < 4.78 is 49.1. The number of alkyl halides is 2. The first-order valence-electron chi connectivity index (χ1n) is 17.2. The zero-order chi connectivity index (χ0) is 38.4. The number of hydrogen-bond acceptors (Lipinski definition) is 6. The second kappa shape index (κ2) is 20.4. The van der Waals surface area contributed by atoms with E-state index >= 15 is 0 Å². The molecule has 2 atom stereocenters. The highest BCUT2D eigenvalue weighted by molar-refractivity contribution is 7.95. The molecule has 0 fully saturated rings. The molecular weight excluding hydrogens is 751 g/mol. The average Bonchev–Trinajstić information content (AvgIpc) is 3.13. The van der Waals surface area contributed by atoms with Gasteiger partial charge in [0.25, 0.3) is 11.6 Å². The predicted molar refractivity (Wildman–Crippen MR) is 203 cm³/mol. The molecular formula is C39H41Cl2F3N2O6P+. The summed E-state index contributed by atoms with van der Waals surface area (Å²) in [5.74, 6) is -2.57. The van der Waals surface area contributed by atoms with Gasteiger partial charge in [0, 0.05) is 36.8 Å². The zero-order valence-corrected chi connectivity index (χ0v) is 31.2. The summed E-state index contributed by atoms with van der Waals surface area (Å²) in [7, 11) is -2.62. The summed E-state index contributed by atoms with van der Waals surface area (Å²) in [6, 6.07) is 22.9. The number of aliphatic hydroxyl groups excluding tert-OH is 1. The topological polar surface area (TPSA) is 119 Å². The molecule has 0 aromatic heterocycles. The van der Waals surface area contributed by atoms with Gasteiger partial charge in [0.05, 0.1) is 17.1 Å². The van der Waals surface area contributed by atoms with Crippen LogP contribution in [0.5, 0.6) is 0 Å². The van der Waals surface area contributed by atoms with Crippen LogP contribution in [-0.2, 0) is 14.3 Å². The minimum Gasteiger partial charge on any atom is -0.463 e. The van der Waals surface area contributed by atoms with Crippen LogP contribution in [0.3, 0.4) is 0 Å². The maximum atomic E-state index is 14.6. The van der Waals surface area contributed by atoms with Gasteiger partial charge in [-0.25, -0.2) is 13.2 Å². The van der Waals surface area contributed by atoms with Gasteiger partial charge >= 0.3 is 5.97 Å². The summed E-state index contributed by atoms with van der Waals surface area (Å²) in [6.45, 7) is -0.381. The molecule has 53 heavy (non-hydrogen) atoms. The van der Waals surface area contributed by atoms with E-state index in [1.54, 1.807) is 18.2 Å². The molecule has 1 amide bonds. The van der Waals surface area contributed by atoms with E-state index in [0.29, 0.717) is 12.6 Å². The number of ether oxygens (including phenoxy) is 1. The van der Waals surface area contributed by atoms with Gasteiger partial charge in [-0.1, -0.05) is 67.1 Å². The second-order valence-electron chi connectivity index (χ2n) is 12.6. The summed E-state index contributed by atoms with van der Waals surface area (Å²) in [5, 5.41) is 26.4. The number of carbonyl (C=O) groups is 2. The monoisotopic (exact) mass is 791 g/mol. The Labute approximate surface area is 317 Å². The number of aliphatic hydroxyl groups is 1. The third kappa shape index (κ3) is 12.0. The highest BCUT2D eigenvalue weighted by Crippen LogP contribution is 2.56. The van der Waals surface area contributed by atoms with E-state index in [9.17, 15) is 38.0 Å². The Balaban J connectivity index is 1.27. The van der Waals surface area contributed by atoms with Crippen molar-refractivity contribution in [2.45, 2.75) is 68.3 Å². The number of esters is 1. The lowest BCUT2D eigenvalue weighted by molar-refractivity contribution is -0.384. The standard InChI is InChI=1S/C39H40Cl2F3N2O6P/c40-38(41)39(49)45-35(37(48)27-18-20-31(21-19-27)46(50)51)26-52-36(47)17-6-4-2-1-3-5-7-22-53(32-14-8-11-28(42)23-32,33-15-9-12-29(43)24-33)34-16-10-13-30(44)25-34/h8-16,18-21,23-25,35,37-38,48H,1-7,17,22,26H2/p+1/t35-,37+/m0/s1. The molecule has 4 aromatic rings. The fourth-order valence-electron chi connectivity index (χ4n) is 6.22. The van der Waals surface area contributed by atoms with Gasteiger partial charge in [0.15, 0.2) is 4.84 Å². The largest absolute Gasteiger partial charge is 0.463 e. The van der Waals surface area contributed by atoms with Gasteiger partial charge in [0.1, 0.15) is 53.3 Å². The van der Waals surface area contributed by atoms with Crippen molar-refractivity contribution >= 4 is 63.9 Å². The molecule has 0 heterocycles. The lowest BCUT2D eigenvalue weighted by Gasteiger charge is -2.28. The number of benzene rings is 4. The van der Waals surface area contributed by atoms with Gasteiger partial charge < -0.3 is 15.2 Å². The maximum absolute atomic E-state index is 14.6. The number of non-ortho nitro benzene ring substituents is 1. The molecule has 4 rings (SSSR count). The van der Waals surface area contributed by atoms with Crippen molar-refractivity contribution in [1.29, 1.82) is 0 Å². The second-order valence-corrected chi connectivity index (χ2v) is 17.3. The first-order valence-corrected chi connectivity index (χ1v) is 20.1. The van der Waals surface area contributed by atoms with Gasteiger partial charge in [-0.3, -0.25) is 19.7 Å². The van der Waals surface area contributed by atoms with E-state index in [0.717, 1.165) is 54.4 Å². The van der Waals surface area contributed by atoms with E-state index in [4.69, 9.17) is 27.9 Å². The van der Waals surface area contributed by atoms with E-state index in [-0.39, 0.29) is 24.3 Å².